The molecule has 3 rings (SSSR count). The molecular weight excluding hydrogens is 344 g/mol. The summed E-state index contributed by atoms with van der Waals surface area (Å²) in [5.74, 6) is 1.52. The number of hydrogen-bond acceptors (Lipinski definition) is 4. The quantitative estimate of drug-likeness (QED) is 0.670. The molecule has 7 heteroatoms. The molecule has 3 aromatic rings. The van der Waals surface area contributed by atoms with Gasteiger partial charge in [0.05, 0.1) is 17.6 Å². The van der Waals surface area contributed by atoms with Gasteiger partial charge < -0.3 is 9.09 Å². The molecule has 0 saturated carbocycles. The number of alkyl halides is 1. The van der Waals surface area contributed by atoms with Crippen molar-refractivity contribution in [1.29, 1.82) is 0 Å². The van der Waals surface area contributed by atoms with E-state index in [-0.39, 0.29) is 5.38 Å². The van der Waals surface area contributed by atoms with Gasteiger partial charge in [-0.1, -0.05) is 5.16 Å². The predicted molar refractivity (Wildman–Crippen MR) is 79.8 cm³/mol. The van der Waals surface area contributed by atoms with Crippen LogP contribution >= 0.6 is 27.5 Å². The Morgan fingerprint density at radius 2 is 2.25 bits per heavy atom. The van der Waals surface area contributed by atoms with Crippen LogP contribution in [0.15, 0.2) is 27.3 Å². The maximum atomic E-state index is 6.22. The number of imidazole rings is 1. The van der Waals surface area contributed by atoms with Gasteiger partial charge in [-0.2, -0.15) is 0 Å². The molecule has 0 fully saturated rings. The Labute approximate surface area is 129 Å². The van der Waals surface area contributed by atoms with Crippen molar-refractivity contribution in [3.05, 3.63) is 40.1 Å². The molecule has 0 spiro atoms. The van der Waals surface area contributed by atoms with E-state index in [4.69, 9.17) is 16.1 Å². The average Bonchev–Trinajstić information content (AvgIpc) is 2.94. The second kappa shape index (κ2) is 5.18. The molecule has 0 aliphatic heterocycles. The number of halogens is 2. The van der Waals surface area contributed by atoms with E-state index in [1.807, 2.05) is 30.5 Å². The largest absolute Gasteiger partial charge is 0.359 e. The molecule has 1 unspecified atom stereocenters. The first kappa shape index (κ1) is 13.6. The third kappa shape index (κ3) is 2.45. The number of aromatic nitrogens is 4. The molecule has 0 radical (unpaired) electrons. The van der Waals surface area contributed by atoms with E-state index >= 15 is 0 Å². The number of rotatable bonds is 3. The highest BCUT2D eigenvalue weighted by atomic mass is 79.9. The fourth-order valence-corrected chi connectivity index (χ4v) is 2.60. The Morgan fingerprint density at radius 1 is 1.45 bits per heavy atom. The van der Waals surface area contributed by atoms with E-state index in [9.17, 15) is 0 Å². The molecule has 0 aliphatic rings. The molecule has 0 N–H and O–H groups in total. The maximum absolute atomic E-state index is 6.22. The molecule has 104 valence electrons. The van der Waals surface area contributed by atoms with E-state index in [2.05, 4.69) is 31.1 Å². The van der Waals surface area contributed by atoms with Crippen LogP contribution in [0.1, 0.15) is 29.6 Å². The van der Waals surface area contributed by atoms with Crippen LogP contribution in [-0.4, -0.2) is 19.7 Å². The number of fused-ring (bicyclic) bond motifs is 1. The summed E-state index contributed by atoms with van der Waals surface area (Å²) in [6.45, 7) is 4.29. The van der Waals surface area contributed by atoms with Gasteiger partial charge in [0.15, 0.2) is 11.4 Å². The second-order valence-corrected chi connectivity index (χ2v) is 6.17. The first-order chi connectivity index (χ1) is 9.54. The summed E-state index contributed by atoms with van der Waals surface area (Å²) < 4.78 is 8.11. The van der Waals surface area contributed by atoms with Gasteiger partial charge in [-0.25, -0.2) is 9.97 Å². The summed E-state index contributed by atoms with van der Waals surface area (Å²) in [4.78, 5) is 8.97. The molecule has 20 heavy (non-hydrogen) atoms. The third-order valence-electron chi connectivity index (χ3n) is 2.93. The predicted octanol–water partition coefficient (Wildman–Crippen LogP) is 3.84. The van der Waals surface area contributed by atoms with E-state index in [1.54, 1.807) is 6.20 Å². The van der Waals surface area contributed by atoms with Gasteiger partial charge in [0.1, 0.15) is 11.3 Å². The fourth-order valence-electron chi connectivity index (χ4n) is 2.11. The molecule has 3 heterocycles. The smallest absolute Gasteiger partial charge is 0.160 e. The number of pyridine rings is 1. The Morgan fingerprint density at radius 3 is 2.90 bits per heavy atom. The zero-order chi connectivity index (χ0) is 14.3. The minimum Gasteiger partial charge on any atom is -0.359 e. The number of hydrogen-bond donors (Lipinski definition) is 0. The topological polar surface area (TPSA) is 56.7 Å². The van der Waals surface area contributed by atoms with Gasteiger partial charge in [-0.3, -0.25) is 0 Å². The van der Waals surface area contributed by atoms with Gasteiger partial charge in [-0.15, -0.1) is 11.6 Å². The SMILES string of the molecule is Cc1cc(Cn2c(C(C)Cl)nc3cc(Br)cnc32)on1. The molecule has 0 bridgehead atoms. The number of nitrogens with zero attached hydrogens (tertiary/aromatic N) is 4. The highest BCUT2D eigenvalue weighted by molar-refractivity contribution is 9.10. The van der Waals surface area contributed by atoms with Gasteiger partial charge in [0.25, 0.3) is 0 Å². The summed E-state index contributed by atoms with van der Waals surface area (Å²) in [6, 6.07) is 3.82. The summed E-state index contributed by atoms with van der Waals surface area (Å²) >= 11 is 9.62. The van der Waals surface area contributed by atoms with Crippen molar-refractivity contribution in [1.82, 2.24) is 19.7 Å². The monoisotopic (exact) mass is 354 g/mol. The molecule has 5 nitrogen and oxygen atoms in total. The standard InChI is InChI=1S/C13H12BrClN4O/c1-7-3-10(20-18-7)6-19-12(8(2)15)17-11-4-9(14)5-16-13(11)19/h3-5,8H,6H2,1-2H3. The van der Waals surface area contributed by atoms with Crippen molar-refractivity contribution in [2.45, 2.75) is 25.8 Å². The van der Waals surface area contributed by atoms with Crippen molar-refractivity contribution in [3.63, 3.8) is 0 Å². The van der Waals surface area contributed by atoms with Crippen LogP contribution in [0.2, 0.25) is 0 Å². The Balaban J connectivity index is 2.13. The van der Waals surface area contributed by atoms with Gasteiger partial charge in [-0.05, 0) is 35.8 Å². The van der Waals surface area contributed by atoms with Crippen LogP contribution in [0, 0.1) is 6.92 Å². The first-order valence-corrected chi connectivity index (χ1v) is 7.35. The van der Waals surface area contributed by atoms with Crippen molar-refractivity contribution >= 4 is 38.7 Å². The highest BCUT2D eigenvalue weighted by Gasteiger charge is 2.17. The normalized spacial score (nSPS) is 13.0. The second-order valence-electron chi connectivity index (χ2n) is 4.60. The van der Waals surface area contributed by atoms with Crippen molar-refractivity contribution < 1.29 is 4.52 Å². The summed E-state index contributed by atoms with van der Waals surface area (Å²) in [5, 5.41) is 3.68. The molecular formula is C13H12BrClN4O. The van der Waals surface area contributed by atoms with Crippen LogP contribution in [0.3, 0.4) is 0 Å². The van der Waals surface area contributed by atoms with E-state index in [1.165, 1.54) is 0 Å². The summed E-state index contributed by atoms with van der Waals surface area (Å²) in [5.41, 5.74) is 2.43. The lowest BCUT2D eigenvalue weighted by atomic mass is 10.3. The highest BCUT2D eigenvalue weighted by Crippen LogP contribution is 2.26. The molecule has 0 saturated heterocycles. The molecule has 0 aliphatic carbocycles. The van der Waals surface area contributed by atoms with E-state index in [0.29, 0.717) is 6.54 Å². The van der Waals surface area contributed by atoms with Crippen LogP contribution in [-0.2, 0) is 6.54 Å². The fraction of sp³-hybridized carbons (Fsp3) is 0.308. The van der Waals surface area contributed by atoms with Gasteiger partial charge in [0.2, 0.25) is 0 Å². The van der Waals surface area contributed by atoms with Crippen molar-refractivity contribution in [2.24, 2.45) is 0 Å². The lowest BCUT2D eigenvalue weighted by molar-refractivity contribution is 0.372. The minimum absolute atomic E-state index is 0.216. The van der Waals surface area contributed by atoms with Crippen LogP contribution in [0.25, 0.3) is 11.2 Å². The average molecular weight is 356 g/mol. The molecule has 0 amide bonds. The number of aryl methyl sites for hydroxylation is 1. The zero-order valence-corrected chi connectivity index (χ0v) is 13.3. The van der Waals surface area contributed by atoms with Crippen molar-refractivity contribution in [2.75, 3.05) is 0 Å². The Kier molecular flexibility index (Phi) is 3.52. The lowest BCUT2D eigenvalue weighted by Gasteiger charge is -2.07. The molecule has 1 atom stereocenters. The third-order valence-corrected chi connectivity index (χ3v) is 3.56. The van der Waals surface area contributed by atoms with Crippen LogP contribution < -0.4 is 0 Å². The van der Waals surface area contributed by atoms with Crippen molar-refractivity contribution in [3.8, 4) is 0 Å². The van der Waals surface area contributed by atoms with Gasteiger partial charge in [0, 0.05) is 16.7 Å². The lowest BCUT2D eigenvalue weighted by Crippen LogP contribution is -2.06. The van der Waals surface area contributed by atoms with Crippen LogP contribution in [0.5, 0.6) is 0 Å². The minimum atomic E-state index is -0.216. The van der Waals surface area contributed by atoms with E-state index < -0.39 is 0 Å². The van der Waals surface area contributed by atoms with Crippen LogP contribution in [0.4, 0.5) is 0 Å². The van der Waals surface area contributed by atoms with Gasteiger partial charge >= 0.3 is 0 Å². The Bertz CT molecular complexity index is 765. The zero-order valence-electron chi connectivity index (χ0n) is 11.0. The molecule has 3 aromatic heterocycles. The Hall–Kier alpha value is -1.40. The van der Waals surface area contributed by atoms with E-state index in [0.717, 1.165) is 32.9 Å². The molecule has 0 aromatic carbocycles. The maximum Gasteiger partial charge on any atom is 0.160 e. The summed E-state index contributed by atoms with van der Waals surface area (Å²) in [6.07, 6.45) is 1.74. The first-order valence-electron chi connectivity index (χ1n) is 6.12. The summed E-state index contributed by atoms with van der Waals surface area (Å²) in [7, 11) is 0.